The molecular weight excluding hydrogens is 278 g/mol. The predicted octanol–water partition coefficient (Wildman–Crippen LogP) is 3.09. The van der Waals surface area contributed by atoms with E-state index in [9.17, 15) is 4.79 Å². The summed E-state index contributed by atoms with van der Waals surface area (Å²) in [4.78, 5) is 20.0. The Bertz CT molecular complexity index is 605. The van der Waals surface area contributed by atoms with Crippen molar-refractivity contribution < 1.29 is 9.53 Å². The molecule has 0 aliphatic heterocycles. The molecule has 2 rings (SSSR count). The fourth-order valence-corrected chi connectivity index (χ4v) is 1.94. The highest BCUT2D eigenvalue weighted by atomic mass is 35.5. The molecule has 0 spiro atoms. The fraction of sp³-hybridized carbons (Fsp3) is 0.214. The number of anilines is 1. The van der Waals surface area contributed by atoms with Crippen molar-refractivity contribution in [2.24, 2.45) is 0 Å². The van der Waals surface area contributed by atoms with Gasteiger partial charge in [0.05, 0.1) is 36.3 Å². The van der Waals surface area contributed by atoms with Crippen LogP contribution in [0.25, 0.3) is 0 Å². The number of benzene rings is 1. The lowest BCUT2D eigenvalue weighted by Crippen LogP contribution is -2.13. The van der Waals surface area contributed by atoms with Gasteiger partial charge in [-0.05, 0) is 25.1 Å². The molecule has 0 radical (unpaired) electrons. The number of rotatable bonds is 4. The third kappa shape index (κ3) is 3.24. The number of hydrogen-bond acceptors (Lipinski definition) is 5. The Morgan fingerprint density at radius 2 is 2.20 bits per heavy atom. The molecule has 2 aromatic rings. The van der Waals surface area contributed by atoms with Gasteiger partial charge in [0, 0.05) is 17.4 Å². The maximum absolute atomic E-state index is 11.7. The van der Waals surface area contributed by atoms with Gasteiger partial charge in [0.15, 0.2) is 0 Å². The smallest absolute Gasteiger partial charge is 0.339 e. The maximum atomic E-state index is 11.7. The lowest BCUT2D eigenvalue weighted by molar-refractivity contribution is 0.0602. The van der Waals surface area contributed by atoms with E-state index >= 15 is 0 Å². The van der Waals surface area contributed by atoms with Crippen LogP contribution in [0.4, 0.5) is 5.69 Å². The van der Waals surface area contributed by atoms with Gasteiger partial charge in [-0.25, -0.2) is 4.79 Å². The molecule has 104 valence electrons. The van der Waals surface area contributed by atoms with Crippen LogP contribution in [0.2, 0.25) is 5.02 Å². The van der Waals surface area contributed by atoms with E-state index in [-0.39, 0.29) is 6.04 Å². The molecule has 0 saturated carbocycles. The van der Waals surface area contributed by atoms with Gasteiger partial charge in [-0.3, -0.25) is 9.97 Å². The van der Waals surface area contributed by atoms with Crippen molar-refractivity contribution in [1.29, 1.82) is 0 Å². The van der Waals surface area contributed by atoms with E-state index in [0.717, 1.165) is 5.69 Å². The minimum atomic E-state index is -0.421. The first kappa shape index (κ1) is 14.3. The molecule has 0 amide bonds. The van der Waals surface area contributed by atoms with E-state index in [2.05, 4.69) is 15.3 Å². The summed E-state index contributed by atoms with van der Waals surface area (Å²) in [6.45, 7) is 1.92. The van der Waals surface area contributed by atoms with Crippen LogP contribution in [0.1, 0.15) is 29.0 Å². The molecule has 5 nitrogen and oxygen atoms in total. The molecule has 0 bridgehead atoms. The summed E-state index contributed by atoms with van der Waals surface area (Å²) >= 11 is 5.97. The van der Waals surface area contributed by atoms with Gasteiger partial charge in [0.2, 0.25) is 0 Å². The molecule has 1 aromatic carbocycles. The molecule has 1 heterocycles. The number of hydrogen-bond donors (Lipinski definition) is 1. The first-order valence-electron chi connectivity index (χ1n) is 6.02. The Hall–Kier alpha value is -2.14. The summed E-state index contributed by atoms with van der Waals surface area (Å²) in [6.07, 6.45) is 4.89. The summed E-state index contributed by atoms with van der Waals surface area (Å²) in [5, 5.41) is 3.73. The molecule has 0 aliphatic rings. The minimum Gasteiger partial charge on any atom is -0.465 e. The monoisotopic (exact) mass is 291 g/mol. The second-order valence-electron chi connectivity index (χ2n) is 4.18. The molecule has 1 N–H and O–H groups in total. The minimum absolute atomic E-state index is 0.120. The van der Waals surface area contributed by atoms with Crippen molar-refractivity contribution in [2.45, 2.75) is 13.0 Å². The summed E-state index contributed by atoms with van der Waals surface area (Å²) in [7, 11) is 1.34. The number of carbonyl (C=O) groups excluding carboxylic acids is 1. The number of carbonyl (C=O) groups is 1. The van der Waals surface area contributed by atoms with Crippen molar-refractivity contribution in [2.75, 3.05) is 12.4 Å². The van der Waals surface area contributed by atoms with Crippen LogP contribution in [0, 0.1) is 0 Å². The second kappa shape index (κ2) is 6.34. The van der Waals surface area contributed by atoms with Crippen LogP contribution in [0.15, 0.2) is 36.8 Å². The standard InChI is InChI=1S/C14H14ClN3O2/c1-9(13-8-16-5-6-17-13)18-12-7-10(15)3-4-11(12)14(19)20-2/h3-9,18H,1-2H3. The fourth-order valence-electron chi connectivity index (χ4n) is 1.77. The van der Waals surface area contributed by atoms with Crippen molar-refractivity contribution in [3.8, 4) is 0 Å². The largest absolute Gasteiger partial charge is 0.465 e. The topological polar surface area (TPSA) is 64.1 Å². The quantitative estimate of drug-likeness (QED) is 0.877. The molecule has 1 unspecified atom stereocenters. The lowest BCUT2D eigenvalue weighted by atomic mass is 10.1. The van der Waals surface area contributed by atoms with Crippen LogP contribution in [-0.2, 0) is 4.74 Å². The van der Waals surface area contributed by atoms with Gasteiger partial charge >= 0.3 is 5.97 Å². The van der Waals surface area contributed by atoms with Gasteiger partial charge in [-0.2, -0.15) is 0 Å². The van der Waals surface area contributed by atoms with E-state index in [0.29, 0.717) is 16.3 Å². The van der Waals surface area contributed by atoms with Gasteiger partial charge in [-0.15, -0.1) is 0 Å². The number of nitrogens with one attached hydrogen (secondary N) is 1. The van der Waals surface area contributed by atoms with Crippen LogP contribution in [-0.4, -0.2) is 23.0 Å². The summed E-state index contributed by atoms with van der Waals surface area (Å²) in [5.74, 6) is -0.421. The molecule has 6 heteroatoms. The average molecular weight is 292 g/mol. The number of esters is 1. The van der Waals surface area contributed by atoms with Crippen molar-refractivity contribution in [3.05, 3.63) is 53.1 Å². The highest BCUT2D eigenvalue weighted by Crippen LogP contribution is 2.25. The Balaban J connectivity index is 2.28. The van der Waals surface area contributed by atoms with E-state index in [1.54, 1.807) is 36.8 Å². The van der Waals surface area contributed by atoms with Gasteiger partial charge in [0.25, 0.3) is 0 Å². The molecule has 20 heavy (non-hydrogen) atoms. The number of halogens is 1. The molecule has 0 saturated heterocycles. The normalized spacial score (nSPS) is 11.8. The van der Waals surface area contributed by atoms with Crippen LogP contribution in [0.5, 0.6) is 0 Å². The zero-order valence-corrected chi connectivity index (χ0v) is 11.9. The number of ether oxygens (including phenoxy) is 1. The third-order valence-corrected chi connectivity index (χ3v) is 3.02. The lowest BCUT2D eigenvalue weighted by Gasteiger charge is -2.17. The summed E-state index contributed by atoms with van der Waals surface area (Å²) in [6, 6.07) is 4.83. The summed E-state index contributed by atoms with van der Waals surface area (Å²) < 4.78 is 4.75. The number of aromatic nitrogens is 2. The van der Waals surface area contributed by atoms with Crippen molar-refractivity contribution in [1.82, 2.24) is 9.97 Å². The van der Waals surface area contributed by atoms with Crippen molar-refractivity contribution in [3.63, 3.8) is 0 Å². The van der Waals surface area contributed by atoms with Crippen LogP contribution < -0.4 is 5.32 Å². The third-order valence-electron chi connectivity index (χ3n) is 2.79. The SMILES string of the molecule is COC(=O)c1ccc(Cl)cc1NC(C)c1cnccn1. The number of methoxy groups -OCH3 is 1. The van der Waals surface area contributed by atoms with Crippen molar-refractivity contribution >= 4 is 23.3 Å². The molecular formula is C14H14ClN3O2. The van der Waals surface area contributed by atoms with Gasteiger partial charge < -0.3 is 10.1 Å². The Labute approximate surface area is 122 Å². The van der Waals surface area contributed by atoms with Crippen LogP contribution in [0.3, 0.4) is 0 Å². The maximum Gasteiger partial charge on any atom is 0.339 e. The summed E-state index contributed by atoms with van der Waals surface area (Å²) in [5.41, 5.74) is 1.79. The van der Waals surface area contributed by atoms with E-state index in [1.165, 1.54) is 7.11 Å². The molecule has 1 aromatic heterocycles. The first-order valence-corrected chi connectivity index (χ1v) is 6.40. The van der Waals surface area contributed by atoms with Gasteiger partial charge in [-0.1, -0.05) is 11.6 Å². The Kier molecular flexibility index (Phi) is 4.53. The Morgan fingerprint density at radius 1 is 1.40 bits per heavy atom. The average Bonchev–Trinajstić information content (AvgIpc) is 2.47. The molecule has 1 atom stereocenters. The Morgan fingerprint density at radius 3 is 2.85 bits per heavy atom. The zero-order chi connectivity index (χ0) is 14.5. The highest BCUT2D eigenvalue weighted by molar-refractivity contribution is 6.31. The van der Waals surface area contributed by atoms with E-state index < -0.39 is 5.97 Å². The molecule has 0 aliphatic carbocycles. The molecule has 0 fully saturated rings. The van der Waals surface area contributed by atoms with Gasteiger partial charge in [0.1, 0.15) is 0 Å². The second-order valence-corrected chi connectivity index (χ2v) is 4.61. The van der Waals surface area contributed by atoms with E-state index in [1.807, 2.05) is 6.92 Å². The first-order chi connectivity index (χ1) is 9.61. The highest BCUT2D eigenvalue weighted by Gasteiger charge is 2.15. The predicted molar refractivity (Wildman–Crippen MR) is 76.9 cm³/mol. The zero-order valence-electron chi connectivity index (χ0n) is 11.1. The van der Waals surface area contributed by atoms with Crippen LogP contribution >= 0.6 is 11.6 Å². The number of nitrogens with zero attached hydrogens (tertiary/aromatic N) is 2. The van der Waals surface area contributed by atoms with E-state index in [4.69, 9.17) is 16.3 Å².